The highest BCUT2D eigenvalue weighted by Gasteiger charge is 2.29. The molecular weight excluding hydrogens is 400 g/mol. The summed E-state index contributed by atoms with van der Waals surface area (Å²) in [5, 5.41) is 10.9. The summed E-state index contributed by atoms with van der Waals surface area (Å²) in [6, 6.07) is 11.3. The van der Waals surface area contributed by atoms with Crippen LogP contribution in [0.1, 0.15) is 23.2 Å². The molecule has 2 aromatic carbocycles. The van der Waals surface area contributed by atoms with Gasteiger partial charge >= 0.3 is 6.03 Å². The van der Waals surface area contributed by atoms with Crippen molar-refractivity contribution in [3.63, 3.8) is 0 Å². The third kappa shape index (κ3) is 6.36. The summed E-state index contributed by atoms with van der Waals surface area (Å²) in [7, 11) is 3.05. The lowest BCUT2D eigenvalue weighted by molar-refractivity contribution is -0.117. The van der Waals surface area contributed by atoms with Gasteiger partial charge in [0.2, 0.25) is 5.91 Å². The molecule has 0 aliphatic heterocycles. The molecule has 4 amide bonds. The lowest BCUT2D eigenvalue weighted by Gasteiger charge is -2.11. The van der Waals surface area contributed by atoms with Crippen molar-refractivity contribution >= 4 is 29.2 Å². The van der Waals surface area contributed by atoms with Crippen molar-refractivity contribution in [2.45, 2.75) is 12.8 Å². The van der Waals surface area contributed by atoms with Gasteiger partial charge in [-0.1, -0.05) is 0 Å². The smallest absolute Gasteiger partial charge is 0.319 e. The van der Waals surface area contributed by atoms with Crippen LogP contribution in [0.15, 0.2) is 42.5 Å². The van der Waals surface area contributed by atoms with Crippen LogP contribution in [0.5, 0.6) is 11.5 Å². The minimum atomic E-state index is -0.405. The molecule has 1 aliphatic rings. The first-order chi connectivity index (χ1) is 15.0. The number of benzene rings is 2. The van der Waals surface area contributed by atoms with E-state index in [9.17, 15) is 14.4 Å². The Labute approximate surface area is 180 Å². The summed E-state index contributed by atoms with van der Waals surface area (Å²) in [6.45, 7) is 0.513. The van der Waals surface area contributed by atoms with E-state index in [0.29, 0.717) is 28.4 Å². The highest BCUT2D eigenvalue weighted by atomic mass is 16.5. The van der Waals surface area contributed by atoms with E-state index in [1.54, 1.807) is 42.5 Å². The molecule has 3 rings (SSSR count). The number of amides is 4. The maximum absolute atomic E-state index is 12.2. The number of urea groups is 1. The number of nitrogens with one attached hydrogen (secondary N) is 4. The number of hydrogen-bond acceptors (Lipinski definition) is 5. The number of hydrogen-bond donors (Lipinski definition) is 4. The van der Waals surface area contributed by atoms with Gasteiger partial charge < -0.3 is 30.7 Å². The highest BCUT2D eigenvalue weighted by Crippen LogP contribution is 2.30. The van der Waals surface area contributed by atoms with E-state index in [-0.39, 0.29) is 30.8 Å². The summed E-state index contributed by atoms with van der Waals surface area (Å²) in [4.78, 5) is 36.0. The predicted molar refractivity (Wildman–Crippen MR) is 117 cm³/mol. The molecule has 0 saturated heterocycles. The zero-order valence-corrected chi connectivity index (χ0v) is 17.5. The third-order valence-electron chi connectivity index (χ3n) is 4.70. The second-order valence-corrected chi connectivity index (χ2v) is 7.05. The average molecular weight is 426 g/mol. The quantitative estimate of drug-likeness (QED) is 0.460. The molecule has 31 heavy (non-hydrogen) atoms. The van der Waals surface area contributed by atoms with E-state index in [4.69, 9.17) is 9.47 Å². The molecule has 0 atom stereocenters. The number of rotatable bonds is 9. The second kappa shape index (κ2) is 10.3. The zero-order valence-electron chi connectivity index (χ0n) is 17.5. The van der Waals surface area contributed by atoms with Crippen LogP contribution in [0.2, 0.25) is 0 Å². The fourth-order valence-electron chi connectivity index (χ4n) is 2.84. The Bertz CT molecular complexity index is 941. The number of ether oxygens (including phenoxy) is 2. The van der Waals surface area contributed by atoms with E-state index >= 15 is 0 Å². The Balaban J connectivity index is 1.38. The van der Waals surface area contributed by atoms with Crippen LogP contribution in [-0.2, 0) is 4.79 Å². The maximum atomic E-state index is 12.2. The predicted octanol–water partition coefficient (Wildman–Crippen LogP) is 2.60. The Kier molecular flexibility index (Phi) is 7.31. The van der Waals surface area contributed by atoms with Gasteiger partial charge in [0.1, 0.15) is 0 Å². The summed E-state index contributed by atoms with van der Waals surface area (Å²) in [6.07, 6.45) is 1.87. The molecule has 0 unspecified atom stereocenters. The molecule has 0 aromatic heterocycles. The largest absolute Gasteiger partial charge is 0.493 e. The zero-order chi connectivity index (χ0) is 22.2. The van der Waals surface area contributed by atoms with Crippen molar-refractivity contribution in [1.82, 2.24) is 10.6 Å². The number of methoxy groups -OCH3 is 2. The molecule has 1 saturated carbocycles. The molecule has 164 valence electrons. The van der Waals surface area contributed by atoms with Gasteiger partial charge in [0.25, 0.3) is 5.91 Å². The second-order valence-electron chi connectivity index (χ2n) is 7.05. The van der Waals surface area contributed by atoms with Crippen molar-refractivity contribution < 1.29 is 23.9 Å². The summed E-state index contributed by atoms with van der Waals surface area (Å²) >= 11 is 0. The minimum Gasteiger partial charge on any atom is -0.493 e. The first-order valence-electron chi connectivity index (χ1n) is 9.96. The van der Waals surface area contributed by atoms with Crippen LogP contribution in [0.4, 0.5) is 16.2 Å². The molecule has 9 nitrogen and oxygen atoms in total. The summed E-state index contributed by atoms with van der Waals surface area (Å²) in [5.41, 5.74) is 1.69. The van der Waals surface area contributed by atoms with Crippen LogP contribution < -0.4 is 30.7 Å². The topological polar surface area (TPSA) is 118 Å². The molecule has 1 fully saturated rings. The normalized spacial score (nSPS) is 12.5. The first kappa shape index (κ1) is 21.9. The van der Waals surface area contributed by atoms with Crippen molar-refractivity contribution in [3.05, 3.63) is 48.0 Å². The van der Waals surface area contributed by atoms with Crippen molar-refractivity contribution in [2.24, 2.45) is 5.92 Å². The standard InChI is InChI=1S/C22H26N4O5/c1-30-18-10-9-17(13-19(18)31-2)26-22(29)24-12-11-23-20(27)14-5-7-16(8-6-14)25-21(28)15-3-4-15/h5-10,13,15H,3-4,11-12H2,1-2H3,(H,23,27)(H,25,28)(H2,24,26,29). The molecule has 2 aromatic rings. The van der Waals surface area contributed by atoms with Gasteiger partial charge in [0.15, 0.2) is 11.5 Å². The molecule has 0 spiro atoms. The van der Waals surface area contributed by atoms with Gasteiger partial charge in [0, 0.05) is 42.0 Å². The van der Waals surface area contributed by atoms with Gasteiger partial charge in [-0.15, -0.1) is 0 Å². The summed E-state index contributed by atoms with van der Waals surface area (Å²) < 4.78 is 10.4. The minimum absolute atomic E-state index is 0.0228. The maximum Gasteiger partial charge on any atom is 0.319 e. The lowest BCUT2D eigenvalue weighted by atomic mass is 10.2. The van der Waals surface area contributed by atoms with Crippen molar-refractivity contribution in [1.29, 1.82) is 0 Å². The van der Waals surface area contributed by atoms with Crippen LogP contribution in [0.25, 0.3) is 0 Å². The van der Waals surface area contributed by atoms with E-state index in [0.717, 1.165) is 12.8 Å². The Morgan fingerprint density at radius 1 is 0.839 bits per heavy atom. The average Bonchev–Trinajstić information content (AvgIpc) is 3.62. The van der Waals surface area contributed by atoms with Crippen molar-refractivity contribution in [2.75, 3.05) is 37.9 Å². The fourth-order valence-corrected chi connectivity index (χ4v) is 2.84. The molecule has 0 radical (unpaired) electrons. The molecule has 0 bridgehead atoms. The molecule has 0 heterocycles. The van der Waals surface area contributed by atoms with Gasteiger partial charge in [-0.25, -0.2) is 4.79 Å². The number of carbonyl (C=O) groups excluding carboxylic acids is 3. The Hall–Kier alpha value is -3.75. The fraction of sp³-hybridized carbons (Fsp3) is 0.318. The number of carbonyl (C=O) groups is 3. The molecule has 9 heteroatoms. The van der Waals surface area contributed by atoms with Gasteiger partial charge in [0.05, 0.1) is 14.2 Å². The highest BCUT2D eigenvalue weighted by molar-refractivity contribution is 5.97. The Morgan fingerprint density at radius 2 is 1.48 bits per heavy atom. The van der Waals surface area contributed by atoms with E-state index in [1.165, 1.54) is 14.2 Å². The SMILES string of the molecule is COc1ccc(NC(=O)NCCNC(=O)c2ccc(NC(=O)C3CC3)cc2)cc1OC. The van der Waals surface area contributed by atoms with Crippen molar-refractivity contribution in [3.8, 4) is 11.5 Å². The van der Waals surface area contributed by atoms with Crippen LogP contribution in [-0.4, -0.2) is 45.2 Å². The first-order valence-corrected chi connectivity index (χ1v) is 9.96. The summed E-state index contributed by atoms with van der Waals surface area (Å²) in [5.74, 6) is 0.955. The third-order valence-corrected chi connectivity index (χ3v) is 4.70. The van der Waals surface area contributed by atoms with Crippen LogP contribution >= 0.6 is 0 Å². The van der Waals surface area contributed by atoms with Crippen LogP contribution in [0.3, 0.4) is 0 Å². The van der Waals surface area contributed by atoms with E-state index < -0.39 is 6.03 Å². The molecule has 1 aliphatic carbocycles. The molecular formula is C22H26N4O5. The van der Waals surface area contributed by atoms with Gasteiger partial charge in [-0.05, 0) is 49.2 Å². The number of anilines is 2. The van der Waals surface area contributed by atoms with Gasteiger partial charge in [-0.2, -0.15) is 0 Å². The monoisotopic (exact) mass is 426 g/mol. The Morgan fingerprint density at radius 3 is 2.13 bits per heavy atom. The molecule has 4 N–H and O–H groups in total. The van der Waals surface area contributed by atoms with Crippen LogP contribution in [0, 0.1) is 5.92 Å². The van der Waals surface area contributed by atoms with Gasteiger partial charge in [-0.3, -0.25) is 9.59 Å². The van der Waals surface area contributed by atoms with E-state index in [2.05, 4.69) is 21.3 Å². The lowest BCUT2D eigenvalue weighted by Crippen LogP contribution is -2.36. The van der Waals surface area contributed by atoms with E-state index in [1.807, 2.05) is 0 Å².